The Kier molecular flexibility index (Phi) is 8.45. The van der Waals surface area contributed by atoms with Gasteiger partial charge in [-0.25, -0.2) is 0 Å². The van der Waals surface area contributed by atoms with E-state index >= 15 is 0 Å². The number of hydrogen-bond acceptors (Lipinski definition) is 4. The standard InChI is InChI=1S/C19H17Cl4N3O2/c1-26(2)10-13(19(27)25-15-5-6-16(21)18(23)8-15)9-24-28-11-12-3-4-14(20)7-17(12)22/h3-10H,11H2,1-2H3,(H,25,27)/b13-10+,24-9-. The van der Waals surface area contributed by atoms with Gasteiger partial charge in [-0.05, 0) is 30.3 Å². The molecule has 0 aromatic heterocycles. The van der Waals surface area contributed by atoms with Crippen molar-refractivity contribution in [3.63, 3.8) is 0 Å². The van der Waals surface area contributed by atoms with Gasteiger partial charge in [0.25, 0.3) is 5.91 Å². The first-order valence-corrected chi connectivity index (χ1v) is 9.51. The Hall–Kier alpha value is -1.92. The molecule has 0 aliphatic rings. The molecule has 0 saturated heterocycles. The molecule has 0 heterocycles. The summed E-state index contributed by atoms with van der Waals surface area (Å²) in [5.41, 5.74) is 1.51. The summed E-state index contributed by atoms with van der Waals surface area (Å²) in [5.74, 6) is -0.385. The Morgan fingerprint density at radius 1 is 1.07 bits per heavy atom. The van der Waals surface area contributed by atoms with Gasteiger partial charge in [-0.15, -0.1) is 0 Å². The molecule has 9 heteroatoms. The highest BCUT2D eigenvalue weighted by Crippen LogP contribution is 2.25. The SMILES string of the molecule is CN(C)/C=C(\C=N/OCc1ccc(Cl)cc1Cl)C(=O)Nc1ccc(Cl)c(Cl)c1. The first-order valence-electron chi connectivity index (χ1n) is 8.00. The summed E-state index contributed by atoms with van der Waals surface area (Å²) in [4.78, 5) is 19.5. The molecule has 0 bridgehead atoms. The predicted octanol–water partition coefficient (Wildman–Crippen LogP) is 5.89. The molecule has 2 aromatic rings. The van der Waals surface area contributed by atoms with Gasteiger partial charge in [-0.3, -0.25) is 4.79 Å². The van der Waals surface area contributed by atoms with E-state index in [9.17, 15) is 4.79 Å². The van der Waals surface area contributed by atoms with E-state index in [0.717, 1.165) is 5.56 Å². The van der Waals surface area contributed by atoms with E-state index < -0.39 is 0 Å². The van der Waals surface area contributed by atoms with Gasteiger partial charge in [-0.1, -0.05) is 57.6 Å². The minimum atomic E-state index is -0.385. The first-order chi connectivity index (χ1) is 13.3. The van der Waals surface area contributed by atoms with Crippen LogP contribution in [-0.2, 0) is 16.2 Å². The van der Waals surface area contributed by atoms with E-state index in [0.29, 0.717) is 25.8 Å². The maximum atomic E-state index is 12.5. The van der Waals surface area contributed by atoms with Crippen molar-refractivity contribution in [2.24, 2.45) is 5.16 Å². The molecule has 0 saturated carbocycles. The lowest BCUT2D eigenvalue weighted by Gasteiger charge is -2.10. The monoisotopic (exact) mass is 459 g/mol. The summed E-state index contributed by atoms with van der Waals surface area (Å²) >= 11 is 23.8. The zero-order chi connectivity index (χ0) is 20.7. The van der Waals surface area contributed by atoms with Gasteiger partial charge in [-0.2, -0.15) is 0 Å². The number of benzene rings is 2. The van der Waals surface area contributed by atoms with Crippen LogP contribution in [0, 0.1) is 0 Å². The van der Waals surface area contributed by atoms with Crippen LogP contribution in [0.5, 0.6) is 0 Å². The third-order valence-electron chi connectivity index (χ3n) is 3.34. The van der Waals surface area contributed by atoms with Crippen molar-refractivity contribution in [3.8, 4) is 0 Å². The molecule has 2 aromatic carbocycles. The molecule has 0 radical (unpaired) electrons. The molecule has 0 unspecified atom stereocenters. The Morgan fingerprint density at radius 3 is 2.46 bits per heavy atom. The lowest BCUT2D eigenvalue weighted by molar-refractivity contribution is -0.112. The van der Waals surface area contributed by atoms with Gasteiger partial charge in [0.2, 0.25) is 0 Å². The molecule has 0 fully saturated rings. The van der Waals surface area contributed by atoms with Crippen molar-refractivity contribution >= 4 is 64.2 Å². The quantitative estimate of drug-likeness (QED) is 0.318. The van der Waals surface area contributed by atoms with Gasteiger partial charge >= 0.3 is 0 Å². The molecular weight excluding hydrogens is 444 g/mol. The number of hydrogen-bond donors (Lipinski definition) is 1. The average Bonchev–Trinajstić information content (AvgIpc) is 2.62. The normalized spacial score (nSPS) is 11.6. The number of oxime groups is 1. The van der Waals surface area contributed by atoms with Gasteiger partial charge < -0.3 is 15.1 Å². The summed E-state index contributed by atoms with van der Waals surface area (Å²) < 4.78 is 0. The molecule has 28 heavy (non-hydrogen) atoms. The highest BCUT2D eigenvalue weighted by Gasteiger charge is 2.10. The summed E-state index contributed by atoms with van der Waals surface area (Å²) in [6.45, 7) is 0.135. The van der Waals surface area contributed by atoms with Crippen LogP contribution in [0.3, 0.4) is 0 Å². The zero-order valence-corrected chi connectivity index (χ0v) is 18.1. The van der Waals surface area contributed by atoms with E-state index in [2.05, 4.69) is 10.5 Å². The van der Waals surface area contributed by atoms with Gasteiger partial charge in [0.15, 0.2) is 0 Å². The Balaban J connectivity index is 2.04. The third-order valence-corrected chi connectivity index (χ3v) is 4.66. The van der Waals surface area contributed by atoms with Crippen LogP contribution < -0.4 is 5.32 Å². The highest BCUT2D eigenvalue weighted by atomic mass is 35.5. The maximum Gasteiger partial charge on any atom is 0.258 e. The minimum Gasteiger partial charge on any atom is -0.391 e. The Bertz CT molecular complexity index is 914. The molecule has 0 spiro atoms. The Labute approximate surface area is 183 Å². The number of anilines is 1. The van der Waals surface area contributed by atoms with Crippen LogP contribution >= 0.6 is 46.4 Å². The molecule has 1 N–H and O–H groups in total. The number of rotatable bonds is 7. The topological polar surface area (TPSA) is 53.9 Å². The molecular formula is C19H17Cl4N3O2. The van der Waals surface area contributed by atoms with Gasteiger partial charge in [0.1, 0.15) is 6.61 Å². The van der Waals surface area contributed by atoms with Crippen LogP contribution in [-0.4, -0.2) is 31.1 Å². The second kappa shape index (κ2) is 10.6. The lowest BCUT2D eigenvalue weighted by atomic mass is 10.2. The maximum absolute atomic E-state index is 12.5. The average molecular weight is 461 g/mol. The lowest BCUT2D eigenvalue weighted by Crippen LogP contribution is -2.18. The smallest absolute Gasteiger partial charge is 0.258 e. The van der Waals surface area contributed by atoms with E-state index in [1.807, 2.05) is 0 Å². The number of carbonyl (C=O) groups excluding carboxylic acids is 1. The van der Waals surface area contributed by atoms with E-state index in [4.69, 9.17) is 51.2 Å². The van der Waals surface area contributed by atoms with Crippen molar-refractivity contribution in [2.45, 2.75) is 6.61 Å². The molecule has 5 nitrogen and oxygen atoms in total. The van der Waals surface area contributed by atoms with Crippen LogP contribution in [0.4, 0.5) is 5.69 Å². The molecule has 0 atom stereocenters. The summed E-state index contributed by atoms with van der Waals surface area (Å²) in [5, 5.41) is 8.34. The second-order valence-corrected chi connectivity index (χ2v) is 7.53. The van der Waals surface area contributed by atoms with Gasteiger partial charge in [0.05, 0.1) is 21.8 Å². The van der Waals surface area contributed by atoms with Crippen LogP contribution in [0.2, 0.25) is 20.1 Å². The van der Waals surface area contributed by atoms with E-state index in [-0.39, 0.29) is 18.1 Å². The van der Waals surface area contributed by atoms with Gasteiger partial charge in [0, 0.05) is 41.6 Å². The third kappa shape index (κ3) is 6.91. The highest BCUT2D eigenvalue weighted by molar-refractivity contribution is 6.42. The number of amides is 1. The van der Waals surface area contributed by atoms with E-state index in [1.165, 1.54) is 6.21 Å². The zero-order valence-electron chi connectivity index (χ0n) is 15.0. The Morgan fingerprint density at radius 2 is 1.82 bits per heavy atom. The van der Waals surface area contributed by atoms with Crippen molar-refractivity contribution in [1.29, 1.82) is 0 Å². The van der Waals surface area contributed by atoms with Crippen LogP contribution in [0.25, 0.3) is 0 Å². The van der Waals surface area contributed by atoms with E-state index in [1.54, 1.807) is 61.6 Å². The number of carbonyl (C=O) groups is 1. The van der Waals surface area contributed by atoms with Crippen molar-refractivity contribution in [2.75, 3.05) is 19.4 Å². The molecule has 1 amide bonds. The number of nitrogens with zero attached hydrogens (tertiary/aromatic N) is 2. The molecule has 0 aliphatic carbocycles. The largest absolute Gasteiger partial charge is 0.391 e. The minimum absolute atomic E-state index is 0.135. The molecule has 0 aliphatic heterocycles. The number of halogens is 4. The summed E-state index contributed by atoms with van der Waals surface area (Å²) in [7, 11) is 3.57. The predicted molar refractivity (Wildman–Crippen MR) is 117 cm³/mol. The summed E-state index contributed by atoms with van der Waals surface area (Å²) in [6, 6.07) is 9.88. The van der Waals surface area contributed by atoms with Crippen molar-refractivity contribution in [1.82, 2.24) is 4.90 Å². The fraction of sp³-hybridized carbons (Fsp3) is 0.158. The van der Waals surface area contributed by atoms with Crippen LogP contribution in [0.1, 0.15) is 5.56 Å². The fourth-order valence-electron chi connectivity index (χ4n) is 2.05. The first kappa shape index (κ1) is 22.4. The molecule has 148 valence electrons. The second-order valence-electron chi connectivity index (χ2n) is 5.87. The summed E-state index contributed by atoms with van der Waals surface area (Å²) in [6.07, 6.45) is 2.92. The molecule has 2 rings (SSSR count). The fourth-order valence-corrected chi connectivity index (χ4v) is 2.81. The van der Waals surface area contributed by atoms with Crippen LogP contribution in [0.15, 0.2) is 53.3 Å². The number of nitrogens with one attached hydrogen (secondary N) is 1. The van der Waals surface area contributed by atoms with Crippen molar-refractivity contribution in [3.05, 3.63) is 73.8 Å². The van der Waals surface area contributed by atoms with Crippen molar-refractivity contribution < 1.29 is 9.63 Å².